The van der Waals surface area contributed by atoms with Crippen molar-refractivity contribution in [1.82, 2.24) is 30.4 Å². The minimum Gasteiger partial charge on any atom is -0.356 e. The maximum atomic E-state index is 4.61. The molecule has 0 unspecified atom stereocenters. The van der Waals surface area contributed by atoms with E-state index in [-0.39, 0.29) is 24.0 Å². The number of guanidine groups is 1. The number of nitrogens with zero attached hydrogens (tertiary/aromatic N) is 5. The summed E-state index contributed by atoms with van der Waals surface area (Å²) in [5, 5.41) is 14.8. The average molecular weight is 475 g/mol. The van der Waals surface area contributed by atoms with Gasteiger partial charge in [-0.25, -0.2) is 4.99 Å². The smallest absolute Gasteiger partial charge is 0.191 e. The van der Waals surface area contributed by atoms with Gasteiger partial charge in [0.2, 0.25) is 0 Å². The van der Waals surface area contributed by atoms with Crippen molar-refractivity contribution in [3.05, 3.63) is 42.2 Å². The lowest BCUT2D eigenvalue weighted by Gasteiger charge is -2.13. The maximum Gasteiger partial charge on any atom is 0.191 e. The Kier molecular flexibility index (Phi) is 11.2. The molecule has 0 saturated heterocycles. The van der Waals surface area contributed by atoms with E-state index in [4.69, 9.17) is 0 Å². The largest absolute Gasteiger partial charge is 0.356 e. The Morgan fingerprint density at radius 3 is 2.84 bits per heavy atom. The number of pyridine rings is 1. The minimum atomic E-state index is 0. The topological polar surface area (TPSA) is 80.0 Å². The number of hydrogen-bond acceptors (Lipinski definition) is 5. The lowest BCUT2D eigenvalue weighted by molar-refractivity contribution is 0.632. The normalized spacial score (nSPS) is 11.0. The van der Waals surface area contributed by atoms with Crippen molar-refractivity contribution in [1.29, 1.82) is 0 Å². The lowest BCUT2D eigenvalue weighted by atomic mass is 10.3. The zero-order valence-electron chi connectivity index (χ0n) is 14.7. The number of halogens is 1. The molecule has 0 aliphatic rings. The molecule has 2 heterocycles. The number of hydrogen-bond donors (Lipinski definition) is 2. The molecule has 0 amide bonds. The van der Waals surface area contributed by atoms with Crippen molar-refractivity contribution in [2.24, 2.45) is 4.99 Å². The van der Waals surface area contributed by atoms with E-state index < -0.39 is 0 Å². The molecular weight excluding hydrogens is 449 g/mol. The van der Waals surface area contributed by atoms with Crippen LogP contribution in [0.2, 0.25) is 0 Å². The van der Waals surface area contributed by atoms with E-state index in [0.29, 0.717) is 6.54 Å². The van der Waals surface area contributed by atoms with Gasteiger partial charge in [0.25, 0.3) is 0 Å². The molecule has 138 valence electrons. The SMILES string of the molecule is CCc1nncn1CCNC(=NCc1ccccn1)NCCSC.I. The first-order valence-corrected chi connectivity index (χ1v) is 9.50. The molecule has 0 aromatic carbocycles. The van der Waals surface area contributed by atoms with Gasteiger partial charge in [-0.2, -0.15) is 11.8 Å². The van der Waals surface area contributed by atoms with E-state index in [1.807, 2.05) is 18.2 Å². The summed E-state index contributed by atoms with van der Waals surface area (Å²) in [4.78, 5) is 8.91. The zero-order chi connectivity index (χ0) is 17.0. The average Bonchev–Trinajstić information content (AvgIpc) is 3.08. The summed E-state index contributed by atoms with van der Waals surface area (Å²) in [6.45, 7) is 5.09. The Morgan fingerprint density at radius 1 is 1.28 bits per heavy atom. The van der Waals surface area contributed by atoms with Crippen molar-refractivity contribution < 1.29 is 0 Å². The molecule has 0 radical (unpaired) electrons. The first-order valence-electron chi connectivity index (χ1n) is 8.11. The van der Waals surface area contributed by atoms with Crippen LogP contribution in [0.3, 0.4) is 0 Å². The van der Waals surface area contributed by atoms with Crippen LogP contribution in [-0.4, -0.2) is 50.8 Å². The zero-order valence-corrected chi connectivity index (χ0v) is 17.8. The van der Waals surface area contributed by atoms with Crippen molar-refractivity contribution in [2.45, 2.75) is 26.4 Å². The van der Waals surface area contributed by atoms with Crippen molar-refractivity contribution in [3.63, 3.8) is 0 Å². The van der Waals surface area contributed by atoms with Crippen LogP contribution in [0.1, 0.15) is 18.4 Å². The first-order chi connectivity index (χ1) is 11.8. The number of aromatic nitrogens is 4. The first kappa shape index (κ1) is 21.7. The van der Waals surface area contributed by atoms with E-state index in [0.717, 1.165) is 49.3 Å². The Balaban J connectivity index is 0.00000312. The molecule has 0 aliphatic heterocycles. The van der Waals surface area contributed by atoms with E-state index in [2.05, 4.69) is 48.6 Å². The molecular formula is C16H26IN7S. The van der Waals surface area contributed by atoms with Crippen LogP contribution in [0.15, 0.2) is 35.7 Å². The van der Waals surface area contributed by atoms with Crippen LogP contribution < -0.4 is 10.6 Å². The van der Waals surface area contributed by atoms with Crippen molar-refractivity contribution >= 4 is 41.7 Å². The lowest BCUT2D eigenvalue weighted by Crippen LogP contribution is -2.40. The summed E-state index contributed by atoms with van der Waals surface area (Å²) in [6.07, 6.45) is 6.54. The summed E-state index contributed by atoms with van der Waals surface area (Å²) < 4.78 is 2.06. The van der Waals surface area contributed by atoms with E-state index in [9.17, 15) is 0 Å². The maximum absolute atomic E-state index is 4.61. The van der Waals surface area contributed by atoms with E-state index in [1.165, 1.54) is 0 Å². The molecule has 0 saturated carbocycles. The summed E-state index contributed by atoms with van der Waals surface area (Å²) in [5.74, 6) is 2.84. The van der Waals surface area contributed by atoms with Crippen LogP contribution in [0.4, 0.5) is 0 Å². The highest BCUT2D eigenvalue weighted by Gasteiger charge is 2.03. The third-order valence-corrected chi connectivity index (χ3v) is 3.99. The second-order valence-electron chi connectivity index (χ2n) is 5.13. The Morgan fingerprint density at radius 2 is 2.12 bits per heavy atom. The molecule has 2 N–H and O–H groups in total. The summed E-state index contributed by atoms with van der Waals surface area (Å²) in [5.41, 5.74) is 0.954. The molecule has 9 heteroatoms. The van der Waals surface area contributed by atoms with Gasteiger partial charge in [-0.3, -0.25) is 4.98 Å². The van der Waals surface area contributed by atoms with Crippen molar-refractivity contribution in [3.8, 4) is 0 Å². The summed E-state index contributed by atoms with van der Waals surface area (Å²) in [7, 11) is 0. The second kappa shape index (κ2) is 12.9. The predicted molar refractivity (Wildman–Crippen MR) is 115 cm³/mol. The number of rotatable bonds is 9. The predicted octanol–water partition coefficient (Wildman–Crippen LogP) is 1.95. The number of aryl methyl sites for hydroxylation is 1. The Bertz CT molecular complexity index is 618. The molecule has 0 atom stereocenters. The fourth-order valence-corrected chi connectivity index (χ4v) is 2.44. The van der Waals surface area contributed by atoms with Crippen LogP contribution >= 0.6 is 35.7 Å². The van der Waals surface area contributed by atoms with Gasteiger partial charge >= 0.3 is 0 Å². The fraction of sp³-hybridized carbons (Fsp3) is 0.500. The van der Waals surface area contributed by atoms with Gasteiger partial charge in [0.05, 0.1) is 12.2 Å². The molecule has 0 fully saturated rings. The molecule has 0 bridgehead atoms. The number of nitrogens with one attached hydrogen (secondary N) is 2. The highest BCUT2D eigenvalue weighted by Crippen LogP contribution is 1.97. The second-order valence-corrected chi connectivity index (χ2v) is 6.11. The van der Waals surface area contributed by atoms with Gasteiger partial charge in [-0.05, 0) is 18.4 Å². The highest BCUT2D eigenvalue weighted by molar-refractivity contribution is 14.0. The fourth-order valence-electron chi connectivity index (χ4n) is 2.13. The summed E-state index contributed by atoms with van der Waals surface area (Å²) >= 11 is 1.81. The highest BCUT2D eigenvalue weighted by atomic mass is 127. The van der Waals surface area contributed by atoms with Gasteiger partial charge in [0.15, 0.2) is 5.96 Å². The third-order valence-electron chi connectivity index (χ3n) is 3.38. The van der Waals surface area contributed by atoms with Gasteiger partial charge < -0.3 is 15.2 Å². The molecule has 2 aromatic rings. The quantitative estimate of drug-likeness (QED) is 0.250. The van der Waals surface area contributed by atoms with Gasteiger partial charge in [0, 0.05) is 38.0 Å². The van der Waals surface area contributed by atoms with Crippen LogP contribution in [-0.2, 0) is 19.5 Å². The van der Waals surface area contributed by atoms with Crippen molar-refractivity contribution in [2.75, 3.05) is 25.1 Å². The molecule has 25 heavy (non-hydrogen) atoms. The van der Waals surface area contributed by atoms with Gasteiger partial charge in [0.1, 0.15) is 12.2 Å². The number of aliphatic imine (C=N–C) groups is 1. The van der Waals surface area contributed by atoms with Crippen LogP contribution in [0.5, 0.6) is 0 Å². The molecule has 2 rings (SSSR count). The Labute approximate surface area is 170 Å². The van der Waals surface area contributed by atoms with Crippen LogP contribution in [0, 0.1) is 0 Å². The minimum absolute atomic E-state index is 0. The molecule has 2 aromatic heterocycles. The third kappa shape index (κ3) is 8.04. The van der Waals surface area contributed by atoms with Crippen LogP contribution in [0.25, 0.3) is 0 Å². The van der Waals surface area contributed by atoms with E-state index in [1.54, 1.807) is 24.3 Å². The Hall–Kier alpha value is -1.36. The molecule has 0 spiro atoms. The van der Waals surface area contributed by atoms with E-state index >= 15 is 0 Å². The molecule has 0 aliphatic carbocycles. The molecule has 7 nitrogen and oxygen atoms in total. The van der Waals surface area contributed by atoms with Gasteiger partial charge in [-0.15, -0.1) is 34.2 Å². The monoisotopic (exact) mass is 475 g/mol. The number of thioether (sulfide) groups is 1. The standard InChI is InChI=1S/C16H25N7S.HI/c1-3-15-22-21-13-23(15)10-8-18-16(19-9-11-24-2)20-12-14-6-4-5-7-17-14;/h4-7,13H,3,8-12H2,1-2H3,(H2,18,19,20);1H. The summed E-state index contributed by atoms with van der Waals surface area (Å²) in [6, 6.07) is 5.87. The van der Waals surface area contributed by atoms with Gasteiger partial charge in [-0.1, -0.05) is 13.0 Å².